The number of carbonyl (C=O) groups is 1. The summed E-state index contributed by atoms with van der Waals surface area (Å²) in [4.78, 5) is 19.9. The van der Waals surface area contributed by atoms with Crippen molar-refractivity contribution in [1.29, 1.82) is 5.41 Å². The van der Waals surface area contributed by atoms with E-state index in [4.69, 9.17) is 10.1 Å². The lowest BCUT2D eigenvalue weighted by Crippen LogP contribution is -2.46. The summed E-state index contributed by atoms with van der Waals surface area (Å²) < 4.78 is 6.11. The first-order valence-corrected chi connectivity index (χ1v) is 12.5. The number of hydrogen-bond donors (Lipinski definition) is 3. The summed E-state index contributed by atoms with van der Waals surface area (Å²) in [6, 6.07) is 15.5. The maximum absolute atomic E-state index is 13.0. The molecule has 7 nitrogen and oxygen atoms in total. The van der Waals surface area contributed by atoms with Gasteiger partial charge in [-0.05, 0) is 75.7 Å². The van der Waals surface area contributed by atoms with Crippen molar-refractivity contribution in [3.63, 3.8) is 0 Å². The summed E-state index contributed by atoms with van der Waals surface area (Å²) >= 11 is 0. The smallest absolute Gasteiger partial charge is 0.251 e. The third-order valence-electron chi connectivity index (χ3n) is 6.62. The highest BCUT2D eigenvalue weighted by atomic mass is 16.5. The first-order chi connectivity index (χ1) is 17.4. The SMILES string of the molecule is CCc1cc(-c2cc(Oc3ccc(C(C)=N)c(NC)c3)ccn2)ccc1C(=O)N[C@@H]1CCCN(C)C1. The number of amides is 1. The number of rotatable bonds is 8. The summed E-state index contributed by atoms with van der Waals surface area (Å²) in [5.74, 6) is 1.34. The van der Waals surface area contributed by atoms with E-state index in [1.165, 1.54) is 0 Å². The highest BCUT2D eigenvalue weighted by Crippen LogP contribution is 2.30. The number of piperidine rings is 1. The van der Waals surface area contributed by atoms with Gasteiger partial charge in [0.1, 0.15) is 11.5 Å². The molecule has 2 heterocycles. The molecule has 0 bridgehead atoms. The second kappa shape index (κ2) is 11.4. The van der Waals surface area contributed by atoms with Gasteiger partial charge in [0.05, 0.1) is 5.69 Å². The molecule has 1 amide bonds. The minimum Gasteiger partial charge on any atom is -0.457 e. The Morgan fingerprint density at radius 3 is 2.64 bits per heavy atom. The van der Waals surface area contributed by atoms with E-state index in [1.54, 1.807) is 13.1 Å². The number of likely N-dealkylation sites (tertiary alicyclic amines) is 1. The van der Waals surface area contributed by atoms with E-state index in [9.17, 15) is 4.79 Å². The van der Waals surface area contributed by atoms with Gasteiger partial charge in [-0.2, -0.15) is 0 Å². The predicted molar refractivity (Wildman–Crippen MR) is 146 cm³/mol. The largest absolute Gasteiger partial charge is 0.457 e. The Morgan fingerprint density at radius 1 is 1.14 bits per heavy atom. The number of aryl methyl sites for hydroxylation is 1. The third-order valence-corrected chi connectivity index (χ3v) is 6.62. The minimum atomic E-state index is -0.00677. The average Bonchev–Trinajstić information content (AvgIpc) is 2.88. The van der Waals surface area contributed by atoms with Crippen LogP contribution in [0.4, 0.5) is 5.69 Å². The Labute approximate surface area is 213 Å². The maximum atomic E-state index is 13.0. The number of aromatic nitrogens is 1. The molecule has 1 atom stereocenters. The first-order valence-electron chi connectivity index (χ1n) is 12.5. The second-order valence-electron chi connectivity index (χ2n) is 9.36. The molecule has 0 saturated carbocycles. The Bertz CT molecular complexity index is 1260. The number of nitrogens with one attached hydrogen (secondary N) is 3. The van der Waals surface area contributed by atoms with Gasteiger partial charge in [-0.1, -0.05) is 13.0 Å². The predicted octanol–water partition coefficient (Wildman–Crippen LogP) is 5.36. The Morgan fingerprint density at radius 2 is 1.92 bits per heavy atom. The van der Waals surface area contributed by atoms with Crippen LogP contribution in [0.2, 0.25) is 0 Å². The molecule has 0 radical (unpaired) electrons. The fourth-order valence-electron chi connectivity index (χ4n) is 4.70. The van der Waals surface area contributed by atoms with Gasteiger partial charge in [0, 0.05) is 66.1 Å². The molecule has 3 aromatic rings. The molecule has 0 spiro atoms. The fraction of sp³-hybridized carbons (Fsp3) is 0.345. The van der Waals surface area contributed by atoms with Crippen LogP contribution in [-0.2, 0) is 6.42 Å². The summed E-state index contributed by atoms with van der Waals surface area (Å²) in [6.07, 6.45) is 4.61. The van der Waals surface area contributed by atoms with Crippen molar-refractivity contribution in [3.05, 3.63) is 71.4 Å². The van der Waals surface area contributed by atoms with E-state index in [-0.39, 0.29) is 11.9 Å². The van der Waals surface area contributed by atoms with Crippen LogP contribution in [-0.4, -0.2) is 54.7 Å². The summed E-state index contributed by atoms with van der Waals surface area (Å²) in [6.45, 7) is 5.81. The molecule has 0 aliphatic carbocycles. The molecule has 2 aromatic carbocycles. The van der Waals surface area contributed by atoms with Crippen LogP contribution in [0.1, 0.15) is 48.2 Å². The fourth-order valence-corrected chi connectivity index (χ4v) is 4.70. The van der Waals surface area contributed by atoms with E-state index < -0.39 is 0 Å². The van der Waals surface area contributed by atoms with Gasteiger partial charge in [0.2, 0.25) is 0 Å². The monoisotopic (exact) mass is 485 g/mol. The molecule has 7 heteroatoms. The van der Waals surface area contributed by atoms with Crippen molar-refractivity contribution in [2.75, 3.05) is 32.5 Å². The van der Waals surface area contributed by atoms with Crippen molar-refractivity contribution in [2.24, 2.45) is 0 Å². The molecule has 0 unspecified atom stereocenters. The van der Waals surface area contributed by atoms with Crippen molar-refractivity contribution >= 4 is 17.3 Å². The number of benzene rings is 2. The van der Waals surface area contributed by atoms with Gasteiger partial charge in [-0.3, -0.25) is 9.78 Å². The molecule has 4 rings (SSSR count). The molecule has 188 valence electrons. The normalized spacial score (nSPS) is 15.8. The topological polar surface area (TPSA) is 90.3 Å². The zero-order chi connectivity index (χ0) is 25.7. The highest BCUT2D eigenvalue weighted by molar-refractivity contribution is 6.01. The number of anilines is 1. The van der Waals surface area contributed by atoms with Crippen LogP contribution < -0.4 is 15.4 Å². The van der Waals surface area contributed by atoms with E-state index in [1.807, 2.05) is 49.5 Å². The molecule has 1 aliphatic heterocycles. The van der Waals surface area contributed by atoms with E-state index in [2.05, 4.69) is 40.6 Å². The Kier molecular flexibility index (Phi) is 8.00. The lowest BCUT2D eigenvalue weighted by Gasteiger charge is -2.30. The Hall–Kier alpha value is -3.71. The quantitative estimate of drug-likeness (QED) is 0.374. The molecular formula is C29H35N5O2. The molecule has 3 N–H and O–H groups in total. The van der Waals surface area contributed by atoms with E-state index in [0.29, 0.717) is 17.2 Å². The lowest BCUT2D eigenvalue weighted by atomic mass is 9.98. The van der Waals surface area contributed by atoms with Crippen molar-refractivity contribution < 1.29 is 9.53 Å². The highest BCUT2D eigenvalue weighted by Gasteiger charge is 2.21. The van der Waals surface area contributed by atoms with Gasteiger partial charge in [0.25, 0.3) is 5.91 Å². The van der Waals surface area contributed by atoms with Crippen molar-refractivity contribution in [2.45, 2.75) is 39.2 Å². The molecule has 36 heavy (non-hydrogen) atoms. The maximum Gasteiger partial charge on any atom is 0.251 e. The van der Waals surface area contributed by atoms with Gasteiger partial charge in [-0.25, -0.2) is 0 Å². The van der Waals surface area contributed by atoms with Crippen LogP contribution >= 0.6 is 0 Å². The zero-order valence-corrected chi connectivity index (χ0v) is 21.5. The molecule has 1 aliphatic rings. The van der Waals surface area contributed by atoms with Crippen molar-refractivity contribution in [3.8, 4) is 22.8 Å². The van der Waals surface area contributed by atoms with Gasteiger partial charge in [0.15, 0.2) is 0 Å². The summed E-state index contributed by atoms with van der Waals surface area (Å²) in [7, 11) is 3.93. The van der Waals surface area contributed by atoms with Crippen molar-refractivity contribution in [1.82, 2.24) is 15.2 Å². The number of nitrogens with zero attached hydrogens (tertiary/aromatic N) is 2. The summed E-state index contributed by atoms with van der Waals surface area (Å²) in [5, 5.41) is 14.3. The van der Waals surface area contributed by atoms with Crippen LogP contribution in [0.15, 0.2) is 54.7 Å². The van der Waals surface area contributed by atoms with Crippen LogP contribution in [0.25, 0.3) is 11.3 Å². The number of hydrogen-bond acceptors (Lipinski definition) is 6. The third kappa shape index (κ3) is 5.91. The standard InChI is InChI=1S/C29H35N5O2/c1-5-20-15-21(8-10-26(20)29(35)33-22-7-6-14-34(4)18-22)27-16-24(12-13-32-27)36-23-9-11-25(19(2)30)28(17-23)31-3/h8-13,15-17,22,30-31H,5-7,14,18H2,1-4H3,(H,33,35)/t22-/m1/s1. The van der Waals surface area contributed by atoms with Crippen LogP contribution in [0.5, 0.6) is 11.5 Å². The number of ether oxygens (including phenoxy) is 1. The van der Waals surface area contributed by atoms with E-state index >= 15 is 0 Å². The minimum absolute atomic E-state index is 0.00677. The number of carbonyl (C=O) groups excluding carboxylic acids is 1. The lowest BCUT2D eigenvalue weighted by molar-refractivity contribution is 0.0911. The molecular weight excluding hydrogens is 450 g/mol. The van der Waals surface area contributed by atoms with Gasteiger partial charge in [-0.15, -0.1) is 0 Å². The number of pyridine rings is 1. The average molecular weight is 486 g/mol. The number of likely N-dealkylation sites (N-methyl/N-ethyl adjacent to an activating group) is 1. The Balaban J connectivity index is 1.53. The zero-order valence-electron chi connectivity index (χ0n) is 21.5. The van der Waals surface area contributed by atoms with Crippen LogP contribution in [0.3, 0.4) is 0 Å². The van der Waals surface area contributed by atoms with Gasteiger partial charge < -0.3 is 25.7 Å². The molecule has 1 aromatic heterocycles. The van der Waals surface area contributed by atoms with E-state index in [0.717, 1.165) is 66.0 Å². The molecule has 1 fully saturated rings. The summed E-state index contributed by atoms with van der Waals surface area (Å²) in [5.41, 5.74) is 5.62. The second-order valence-corrected chi connectivity index (χ2v) is 9.36. The molecule has 1 saturated heterocycles. The first kappa shape index (κ1) is 25.4. The van der Waals surface area contributed by atoms with Crippen LogP contribution in [0, 0.1) is 5.41 Å². The van der Waals surface area contributed by atoms with Gasteiger partial charge >= 0.3 is 0 Å².